The van der Waals surface area contributed by atoms with E-state index in [-0.39, 0.29) is 11.4 Å². The summed E-state index contributed by atoms with van der Waals surface area (Å²) in [5.74, 6) is 0.302. The minimum atomic E-state index is -0.431. The highest BCUT2D eigenvalue weighted by atomic mass is 32.1. The summed E-state index contributed by atoms with van der Waals surface area (Å²) in [6, 6.07) is 7.50. The molecule has 0 aliphatic rings. The van der Waals surface area contributed by atoms with Crippen molar-refractivity contribution in [3.63, 3.8) is 0 Å². The smallest absolute Gasteiger partial charge is 0.287 e. The molecule has 9 nitrogen and oxygen atoms in total. The summed E-state index contributed by atoms with van der Waals surface area (Å²) < 4.78 is 7.52. The third kappa shape index (κ3) is 4.54. The second kappa shape index (κ2) is 8.87. The van der Waals surface area contributed by atoms with Gasteiger partial charge in [-0.15, -0.1) is 11.3 Å². The predicted octanol–water partition coefficient (Wildman–Crippen LogP) is 2.28. The number of hydrogen-bond acceptors (Lipinski definition) is 7. The zero-order chi connectivity index (χ0) is 20.9. The largest absolute Gasteiger partial charge is 0.494 e. The number of carbonyl (C=O) groups excluding carboxylic acids is 1. The first-order valence-corrected chi connectivity index (χ1v) is 10.3. The second-order valence-electron chi connectivity index (χ2n) is 6.70. The summed E-state index contributed by atoms with van der Waals surface area (Å²) in [5.41, 5.74) is 1.44. The molecular weight excluding hydrogens is 404 g/mol. The minimum absolute atomic E-state index is 0.00914. The lowest BCUT2D eigenvalue weighted by molar-refractivity contribution is 0.0940. The van der Waals surface area contributed by atoms with E-state index in [1.54, 1.807) is 11.0 Å². The molecule has 0 fully saturated rings. The van der Waals surface area contributed by atoms with Gasteiger partial charge in [0.05, 0.1) is 12.0 Å². The lowest BCUT2D eigenvalue weighted by Crippen LogP contribution is -2.27. The van der Waals surface area contributed by atoms with Crippen molar-refractivity contribution in [2.24, 2.45) is 0 Å². The topological polar surface area (TPSA) is 115 Å². The molecule has 0 unspecified atom stereocenters. The Hall–Kier alpha value is -3.53. The standard InChI is InChI=1S/C20H20N6O3S/c1-13-10-30-20-16(13)18(27)24-17(25-20)19(28)22-9-14-4-2-5-15(8-14)29-7-3-6-26-12-21-11-23-26/h2,4-5,8,10-12H,3,6-7,9H2,1H3,(H,22,28)(H,24,25,27). The van der Waals surface area contributed by atoms with Gasteiger partial charge in [0.15, 0.2) is 0 Å². The zero-order valence-electron chi connectivity index (χ0n) is 16.3. The Labute approximate surface area is 175 Å². The van der Waals surface area contributed by atoms with Gasteiger partial charge in [0, 0.05) is 19.5 Å². The summed E-state index contributed by atoms with van der Waals surface area (Å²) in [5, 5.41) is 9.22. The summed E-state index contributed by atoms with van der Waals surface area (Å²) in [6.07, 6.45) is 3.97. The average molecular weight is 424 g/mol. The molecule has 154 valence electrons. The number of rotatable bonds is 8. The van der Waals surface area contributed by atoms with Gasteiger partial charge in [0.1, 0.15) is 23.2 Å². The molecule has 0 aliphatic carbocycles. The normalized spacial score (nSPS) is 11.0. The number of aryl methyl sites for hydroxylation is 2. The molecule has 0 aliphatic heterocycles. The van der Waals surface area contributed by atoms with Crippen molar-refractivity contribution in [3.05, 3.63) is 69.6 Å². The molecule has 1 amide bonds. The molecule has 0 saturated carbocycles. The molecule has 1 aromatic carbocycles. The van der Waals surface area contributed by atoms with Gasteiger partial charge in [-0.25, -0.2) is 9.97 Å². The van der Waals surface area contributed by atoms with Gasteiger partial charge < -0.3 is 15.0 Å². The SMILES string of the molecule is Cc1csc2nc(C(=O)NCc3cccc(OCCCn4cncn4)c3)[nH]c(=O)c12. The van der Waals surface area contributed by atoms with Crippen LogP contribution in [0, 0.1) is 6.92 Å². The molecule has 4 rings (SSSR count). The lowest BCUT2D eigenvalue weighted by atomic mass is 10.2. The molecule has 0 spiro atoms. The Balaban J connectivity index is 1.33. The number of hydrogen-bond donors (Lipinski definition) is 2. The van der Waals surface area contributed by atoms with Crippen molar-refractivity contribution in [2.45, 2.75) is 26.4 Å². The fourth-order valence-electron chi connectivity index (χ4n) is 2.97. The Morgan fingerprint density at radius 1 is 1.37 bits per heavy atom. The van der Waals surface area contributed by atoms with Crippen LogP contribution in [0.4, 0.5) is 0 Å². The van der Waals surface area contributed by atoms with Crippen molar-refractivity contribution >= 4 is 27.5 Å². The van der Waals surface area contributed by atoms with Crippen LogP contribution >= 0.6 is 11.3 Å². The number of aromatic amines is 1. The fourth-order valence-corrected chi connectivity index (χ4v) is 3.89. The quantitative estimate of drug-likeness (QED) is 0.420. The predicted molar refractivity (Wildman–Crippen MR) is 113 cm³/mol. The van der Waals surface area contributed by atoms with Crippen molar-refractivity contribution in [1.82, 2.24) is 30.0 Å². The van der Waals surface area contributed by atoms with E-state index in [0.717, 1.165) is 29.8 Å². The van der Waals surface area contributed by atoms with Crippen LogP contribution in [0.2, 0.25) is 0 Å². The first-order chi connectivity index (χ1) is 14.6. The van der Waals surface area contributed by atoms with Crippen LogP contribution in [-0.4, -0.2) is 37.2 Å². The van der Waals surface area contributed by atoms with E-state index < -0.39 is 5.91 Å². The van der Waals surface area contributed by atoms with Gasteiger partial charge in [-0.1, -0.05) is 12.1 Å². The number of fused-ring (bicyclic) bond motifs is 1. The summed E-state index contributed by atoms with van der Waals surface area (Å²) in [4.78, 5) is 35.9. The monoisotopic (exact) mass is 424 g/mol. The van der Waals surface area contributed by atoms with Gasteiger partial charge in [-0.2, -0.15) is 5.10 Å². The molecule has 0 saturated heterocycles. The van der Waals surface area contributed by atoms with Crippen LogP contribution in [-0.2, 0) is 13.1 Å². The first-order valence-electron chi connectivity index (χ1n) is 9.40. The van der Waals surface area contributed by atoms with E-state index in [2.05, 4.69) is 25.4 Å². The maximum atomic E-state index is 12.4. The number of nitrogens with one attached hydrogen (secondary N) is 2. The number of nitrogens with zero attached hydrogens (tertiary/aromatic N) is 4. The molecule has 4 aromatic rings. The molecule has 10 heteroatoms. The number of carbonyl (C=O) groups is 1. The summed E-state index contributed by atoms with van der Waals surface area (Å²) in [7, 11) is 0. The van der Waals surface area contributed by atoms with E-state index in [1.165, 1.54) is 17.7 Å². The van der Waals surface area contributed by atoms with Gasteiger partial charge in [0.2, 0.25) is 5.82 Å². The molecular formula is C20H20N6O3S. The minimum Gasteiger partial charge on any atom is -0.494 e. The Morgan fingerprint density at radius 2 is 2.27 bits per heavy atom. The number of H-pyrrole nitrogens is 1. The molecule has 0 bridgehead atoms. The first kappa shape index (κ1) is 19.8. The van der Waals surface area contributed by atoms with Crippen LogP contribution in [0.3, 0.4) is 0 Å². The molecule has 30 heavy (non-hydrogen) atoms. The number of aromatic nitrogens is 5. The molecule has 3 heterocycles. The Kier molecular flexibility index (Phi) is 5.84. The highest BCUT2D eigenvalue weighted by molar-refractivity contribution is 7.16. The van der Waals surface area contributed by atoms with Crippen LogP contribution in [0.5, 0.6) is 5.75 Å². The van der Waals surface area contributed by atoms with Gasteiger partial charge in [-0.3, -0.25) is 14.3 Å². The number of thiophene rings is 1. The van der Waals surface area contributed by atoms with E-state index in [1.807, 2.05) is 36.6 Å². The van der Waals surface area contributed by atoms with Crippen LogP contribution in [0.25, 0.3) is 10.2 Å². The summed E-state index contributed by atoms with van der Waals surface area (Å²) >= 11 is 1.35. The van der Waals surface area contributed by atoms with Gasteiger partial charge >= 0.3 is 0 Å². The average Bonchev–Trinajstić information content (AvgIpc) is 3.40. The number of benzene rings is 1. The third-order valence-corrected chi connectivity index (χ3v) is 5.45. The van der Waals surface area contributed by atoms with Crippen molar-refractivity contribution in [3.8, 4) is 5.75 Å². The third-order valence-electron chi connectivity index (χ3n) is 4.46. The van der Waals surface area contributed by atoms with Gasteiger partial charge in [0.25, 0.3) is 11.5 Å². The molecule has 3 aromatic heterocycles. The van der Waals surface area contributed by atoms with Crippen molar-refractivity contribution in [2.75, 3.05) is 6.61 Å². The molecule has 2 N–H and O–H groups in total. The Morgan fingerprint density at radius 3 is 3.10 bits per heavy atom. The van der Waals surface area contributed by atoms with E-state index in [4.69, 9.17) is 4.74 Å². The molecule has 0 radical (unpaired) electrons. The maximum absolute atomic E-state index is 12.4. The van der Waals surface area contributed by atoms with Crippen LogP contribution in [0.1, 0.15) is 28.2 Å². The van der Waals surface area contributed by atoms with Crippen LogP contribution < -0.4 is 15.6 Å². The van der Waals surface area contributed by atoms with E-state index in [0.29, 0.717) is 23.4 Å². The Bertz CT molecular complexity index is 1210. The molecule has 0 atom stereocenters. The fraction of sp³-hybridized carbons (Fsp3) is 0.250. The van der Waals surface area contributed by atoms with E-state index in [9.17, 15) is 9.59 Å². The van der Waals surface area contributed by atoms with E-state index >= 15 is 0 Å². The van der Waals surface area contributed by atoms with Gasteiger partial charge in [-0.05, 0) is 35.6 Å². The highest BCUT2D eigenvalue weighted by Crippen LogP contribution is 2.19. The maximum Gasteiger partial charge on any atom is 0.287 e. The van der Waals surface area contributed by atoms with Crippen LogP contribution in [0.15, 0.2) is 47.1 Å². The highest BCUT2D eigenvalue weighted by Gasteiger charge is 2.13. The second-order valence-corrected chi connectivity index (χ2v) is 7.56. The van der Waals surface area contributed by atoms with Crippen molar-refractivity contribution in [1.29, 1.82) is 0 Å². The summed E-state index contributed by atoms with van der Waals surface area (Å²) in [6.45, 7) is 3.41. The van der Waals surface area contributed by atoms with Crippen molar-refractivity contribution < 1.29 is 9.53 Å². The number of amides is 1. The zero-order valence-corrected chi connectivity index (χ0v) is 17.1. The number of ether oxygens (including phenoxy) is 1. The lowest BCUT2D eigenvalue weighted by Gasteiger charge is -2.09.